The first-order chi connectivity index (χ1) is 11.4. The molecule has 0 bridgehead atoms. The molecule has 0 saturated carbocycles. The van der Waals surface area contributed by atoms with Gasteiger partial charge in [-0.05, 0) is 18.2 Å². The summed E-state index contributed by atoms with van der Waals surface area (Å²) in [6.45, 7) is 3.56. The Morgan fingerprint density at radius 2 is 1.96 bits per heavy atom. The van der Waals surface area contributed by atoms with Crippen LogP contribution in [0.5, 0.6) is 0 Å². The van der Waals surface area contributed by atoms with Gasteiger partial charge in [-0.2, -0.15) is 0 Å². The summed E-state index contributed by atoms with van der Waals surface area (Å²) in [6, 6.07) is 4.01. The van der Waals surface area contributed by atoms with Gasteiger partial charge in [0.05, 0.1) is 5.02 Å². The minimum atomic E-state index is -0.562. The lowest BCUT2D eigenvalue weighted by molar-refractivity contribution is -0.135. The Labute approximate surface area is 144 Å². The Morgan fingerprint density at radius 3 is 2.50 bits per heavy atom. The van der Waals surface area contributed by atoms with Crippen LogP contribution in [0.1, 0.15) is 13.3 Å². The SMILES string of the molecule is CC(=O)N(CCC(=O)N1CCN(C=O)CC1)c1ccc(F)c(Cl)c1. The fourth-order valence-corrected chi connectivity index (χ4v) is 2.74. The predicted molar refractivity (Wildman–Crippen MR) is 88.3 cm³/mol. The van der Waals surface area contributed by atoms with Crippen molar-refractivity contribution in [1.29, 1.82) is 0 Å². The van der Waals surface area contributed by atoms with Crippen molar-refractivity contribution in [2.45, 2.75) is 13.3 Å². The maximum absolute atomic E-state index is 13.3. The minimum absolute atomic E-state index is 0.0740. The maximum atomic E-state index is 13.3. The molecule has 1 aliphatic heterocycles. The smallest absolute Gasteiger partial charge is 0.224 e. The van der Waals surface area contributed by atoms with Crippen LogP contribution in [0.25, 0.3) is 0 Å². The molecule has 8 heteroatoms. The highest BCUT2D eigenvalue weighted by Gasteiger charge is 2.21. The van der Waals surface area contributed by atoms with Gasteiger partial charge in [-0.25, -0.2) is 4.39 Å². The average molecular weight is 356 g/mol. The summed E-state index contributed by atoms with van der Waals surface area (Å²) in [5.41, 5.74) is 0.451. The van der Waals surface area contributed by atoms with Crippen LogP contribution in [0.4, 0.5) is 10.1 Å². The molecule has 0 aliphatic carbocycles. The zero-order valence-electron chi connectivity index (χ0n) is 13.4. The Balaban J connectivity index is 1.96. The second-order valence-electron chi connectivity index (χ2n) is 5.54. The molecule has 1 aliphatic rings. The molecule has 1 heterocycles. The largest absolute Gasteiger partial charge is 0.342 e. The van der Waals surface area contributed by atoms with E-state index in [9.17, 15) is 18.8 Å². The van der Waals surface area contributed by atoms with Crippen molar-refractivity contribution in [2.24, 2.45) is 0 Å². The van der Waals surface area contributed by atoms with Gasteiger partial charge < -0.3 is 14.7 Å². The normalized spacial score (nSPS) is 14.5. The van der Waals surface area contributed by atoms with E-state index >= 15 is 0 Å². The van der Waals surface area contributed by atoms with E-state index in [0.29, 0.717) is 31.9 Å². The first-order valence-corrected chi connectivity index (χ1v) is 8.00. The molecule has 0 N–H and O–H groups in total. The number of carbonyl (C=O) groups is 3. The van der Waals surface area contributed by atoms with E-state index < -0.39 is 5.82 Å². The van der Waals surface area contributed by atoms with Crippen molar-refractivity contribution in [1.82, 2.24) is 9.80 Å². The van der Waals surface area contributed by atoms with E-state index in [-0.39, 0.29) is 29.8 Å². The fraction of sp³-hybridized carbons (Fsp3) is 0.438. The maximum Gasteiger partial charge on any atom is 0.224 e. The van der Waals surface area contributed by atoms with Gasteiger partial charge >= 0.3 is 0 Å². The number of nitrogens with zero attached hydrogens (tertiary/aromatic N) is 3. The number of carbonyl (C=O) groups excluding carboxylic acids is 3. The number of hydrogen-bond donors (Lipinski definition) is 0. The highest BCUT2D eigenvalue weighted by molar-refractivity contribution is 6.31. The van der Waals surface area contributed by atoms with Gasteiger partial charge in [0, 0.05) is 51.8 Å². The van der Waals surface area contributed by atoms with E-state index in [1.807, 2.05) is 0 Å². The van der Waals surface area contributed by atoms with Crippen LogP contribution in [0.3, 0.4) is 0 Å². The number of amides is 3. The van der Waals surface area contributed by atoms with E-state index in [1.54, 1.807) is 9.80 Å². The quantitative estimate of drug-likeness (QED) is 0.752. The monoisotopic (exact) mass is 355 g/mol. The van der Waals surface area contributed by atoms with Crippen LogP contribution < -0.4 is 4.90 Å². The van der Waals surface area contributed by atoms with E-state index in [1.165, 1.54) is 30.0 Å². The molecule has 6 nitrogen and oxygen atoms in total. The van der Waals surface area contributed by atoms with Gasteiger partial charge in [-0.15, -0.1) is 0 Å². The van der Waals surface area contributed by atoms with Crippen molar-refractivity contribution in [2.75, 3.05) is 37.6 Å². The van der Waals surface area contributed by atoms with E-state index in [2.05, 4.69) is 0 Å². The molecular formula is C16H19ClFN3O3. The van der Waals surface area contributed by atoms with Gasteiger partial charge in [0.15, 0.2) is 0 Å². The van der Waals surface area contributed by atoms with Crippen LogP contribution >= 0.6 is 11.6 Å². The average Bonchev–Trinajstić information content (AvgIpc) is 2.57. The zero-order chi connectivity index (χ0) is 17.7. The third-order valence-corrected chi connectivity index (χ3v) is 4.25. The molecule has 0 unspecified atom stereocenters. The Hall–Kier alpha value is -2.15. The summed E-state index contributed by atoms with van der Waals surface area (Å²) in [6.07, 6.45) is 0.924. The van der Waals surface area contributed by atoms with Crippen LogP contribution in [0, 0.1) is 5.82 Å². The lowest BCUT2D eigenvalue weighted by Gasteiger charge is -2.33. The van der Waals surface area contributed by atoms with E-state index in [0.717, 1.165) is 6.41 Å². The molecule has 3 amide bonds. The van der Waals surface area contributed by atoms with Gasteiger partial charge in [0.1, 0.15) is 5.82 Å². The molecule has 1 saturated heterocycles. The second-order valence-corrected chi connectivity index (χ2v) is 5.95. The number of piperazine rings is 1. The number of hydrogen-bond acceptors (Lipinski definition) is 3. The number of rotatable bonds is 5. The third kappa shape index (κ3) is 4.44. The predicted octanol–water partition coefficient (Wildman–Crippen LogP) is 1.52. The summed E-state index contributed by atoms with van der Waals surface area (Å²) in [4.78, 5) is 39.5. The topological polar surface area (TPSA) is 60.9 Å². The Bertz CT molecular complexity index is 633. The molecular weight excluding hydrogens is 337 g/mol. The van der Waals surface area contributed by atoms with Gasteiger partial charge in [0.25, 0.3) is 0 Å². The first kappa shape index (κ1) is 18.2. The van der Waals surface area contributed by atoms with Crippen molar-refractivity contribution in [3.05, 3.63) is 29.0 Å². The van der Waals surface area contributed by atoms with Gasteiger partial charge in [-0.3, -0.25) is 14.4 Å². The van der Waals surface area contributed by atoms with Crippen molar-refractivity contribution in [3.8, 4) is 0 Å². The summed E-state index contributed by atoms with van der Waals surface area (Å²) in [7, 11) is 0. The van der Waals surface area contributed by atoms with Crippen molar-refractivity contribution < 1.29 is 18.8 Å². The Kier molecular flexibility index (Phi) is 6.14. The van der Waals surface area contributed by atoms with Gasteiger partial charge in [-0.1, -0.05) is 11.6 Å². The number of halogens is 2. The third-order valence-electron chi connectivity index (χ3n) is 3.96. The van der Waals surface area contributed by atoms with Crippen LogP contribution in [-0.2, 0) is 14.4 Å². The molecule has 24 heavy (non-hydrogen) atoms. The molecule has 0 aromatic heterocycles. The van der Waals surface area contributed by atoms with Crippen molar-refractivity contribution >= 4 is 35.5 Å². The van der Waals surface area contributed by atoms with Crippen LogP contribution in [-0.4, -0.2) is 60.7 Å². The molecule has 1 aromatic carbocycles. The molecule has 0 atom stereocenters. The molecule has 2 rings (SSSR count). The summed E-state index contributed by atoms with van der Waals surface area (Å²) < 4.78 is 13.3. The van der Waals surface area contributed by atoms with Gasteiger partial charge in [0.2, 0.25) is 18.2 Å². The summed E-state index contributed by atoms with van der Waals surface area (Å²) >= 11 is 5.75. The first-order valence-electron chi connectivity index (χ1n) is 7.62. The van der Waals surface area contributed by atoms with E-state index in [4.69, 9.17) is 11.6 Å². The lowest BCUT2D eigenvalue weighted by Crippen LogP contribution is -2.48. The molecule has 1 aromatic rings. The fourth-order valence-electron chi connectivity index (χ4n) is 2.56. The Morgan fingerprint density at radius 1 is 1.29 bits per heavy atom. The van der Waals surface area contributed by atoms with Crippen molar-refractivity contribution in [3.63, 3.8) is 0 Å². The lowest BCUT2D eigenvalue weighted by atomic mass is 10.2. The molecule has 0 spiro atoms. The zero-order valence-corrected chi connectivity index (χ0v) is 14.1. The number of anilines is 1. The molecule has 130 valence electrons. The number of benzene rings is 1. The highest BCUT2D eigenvalue weighted by Crippen LogP contribution is 2.23. The molecule has 0 radical (unpaired) electrons. The van der Waals surface area contributed by atoms with Crippen LogP contribution in [0.2, 0.25) is 5.02 Å². The highest BCUT2D eigenvalue weighted by atomic mass is 35.5. The summed E-state index contributed by atoms with van der Waals surface area (Å²) in [5, 5.41) is -0.0740. The minimum Gasteiger partial charge on any atom is -0.342 e. The summed E-state index contributed by atoms with van der Waals surface area (Å²) in [5.74, 6) is -0.899. The second kappa shape index (κ2) is 8.10. The molecule has 1 fully saturated rings. The van der Waals surface area contributed by atoms with Crippen LogP contribution in [0.15, 0.2) is 18.2 Å². The standard InChI is InChI=1S/C16H19ClFN3O3/c1-12(23)21(13-2-3-15(18)14(17)10-13)5-4-16(24)20-8-6-19(11-22)7-9-20/h2-3,10-11H,4-9H2,1H3.